The number of hydrogen-bond acceptors (Lipinski definition) is 3. The second-order valence-electron chi connectivity index (χ2n) is 3.04. The molecule has 0 atom stereocenters. The summed E-state index contributed by atoms with van der Waals surface area (Å²) in [6, 6.07) is 3.14. The van der Waals surface area contributed by atoms with Crippen molar-refractivity contribution in [1.82, 2.24) is 0 Å². The quantitative estimate of drug-likeness (QED) is 0.460. The number of anilines is 1. The largest absolute Gasteiger partial charge is 0.387 e. The van der Waals surface area contributed by atoms with E-state index in [0.29, 0.717) is 0 Å². The molecule has 7 nitrogen and oxygen atoms in total. The lowest BCUT2D eigenvalue weighted by Crippen LogP contribution is -2.17. The Morgan fingerprint density at radius 2 is 1.62 bits per heavy atom. The van der Waals surface area contributed by atoms with Crippen LogP contribution in [0.1, 0.15) is 0 Å². The molecule has 1 rings (SSSR count). The Bertz CT molecular complexity index is 490. The van der Waals surface area contributed by atoms with Gasteiger partial charge in [0, 0.05) is 12.7 Å². The van der Waals surface area contributed by atoms with Crippen molar-refractivity contribution in [2.24, 2.45) is 0 Å². The van der Waals surface area contributed by atoms with Crippen LogP contribution >= 0.6 is 15.2 Å². The van der Waals surface area contributed by atoms with Gasteiger partial charge in [0.25, 0.3) is 0 Å². The van der Waals surface area contributed by atoms with E-state index < -0.39 is 25.8 Å². The van der Waals surface area contributed by atoms with Crippen LogP contribution in [0.2, 0.25) is 0 Å². The fourth-order valence-corrected chi connectivity index (χ4v) is 2.63. The van der Waals surface area contributed by atoms with Crippen molar-refractivity contribution in [1.29, 1.82) is 0 Å². The molecule has 0 aliphatic heterocycles. The van der Waals surface area contributed by atoms with E-state index in [2.05, 4.69) is 5.32 Å². The van der Waals surface area contributed by atoms with Crippen LogP contribution in [0, 0.1) is 0 Å². The number of benzene rings is 1. The minimum absolute atomic E-state index is 0.130. The standard InChI is InChI=1S/C7H11NO6P2/c1-8-6-3-2-5(15(9,10)11)4-7(6)16(12,13)14/h2-4,8H,1H3,(H2,9,10,11)(H2,12,13,14). The van der Waals surface area contributed by atoms with Gasteiger partial charge in [-0.25, -0.2) is 0 Å². The third kappa shape index (κ3) is 2.92. The van der Waals surface area contributed by atoms with Crippen molar-refractivity contribution in [3.05, 3.63) is 18.2 Å². The Labute approximate surface area is 91.4 Å². The van der Waals surface area contributed by atoms with Gasteiger partial charge >= 0.3 is 15.2 Å². The molecule has 0 aromatic heterocycles. The van der Waals surface area contributed by atoms with Gasteiger partial charge in [0.1, 0.15) is 0 Å². The Morgan fingerprint density at radius 1 is 1.06 bits per heavy atom. The molecule has 1 aromatic carbocycles. The molecule has 0 fully saturated rings. The summed E-state index contributed by atoms with van der Waals surface area (Å²) in [4.78, 5) is 35.8. The lowest BCUT2D eigenvalue weighted by atomic mass is 10.3. The van der Waals surface area contributed by atoms with Gasteiger partial charge in [-0.1, -0.05) is 0 Å². The van der Waals surface area contributed by atoms with Crippen molar-refractivity contribution < 1.29 is 28.7 Å². The number of hydrogen-bond donors (Lipinski definition) is 5. The smallest absolute Gasteiger partial charge is 0.358 e. The van der Waals surface area contributed by atoms with Crippen LogP contribution in [0.25, 0.3) is 0 Å². The van der Waals surface area contributed by atoms with Crippen LogP contribution in [0.5, 0.6) is 0 Å². The van der Waals surface area contributed by atoms with E-state index in [1.807, 2.05) is 0 Å². The Hall–Kier alpha value is -0.680. The van der Waals surface area contributed by atoms with Gasteiger partial charge < -0.3 is 24.9 Å². The first-order valence-corrected chi connectivity index (χ1v) is 7.33. The van der Waals surface area contributed by atoms with Gasteiger partial charge in [0.2, 0.25) is 0 Å². The highest BCUT2D eigenvalue weighted by molar-refractivity contribution is 7.62. The second-order valence-corrected chi connectivity index (χ2v) is 6.21. The van der Waals surface area contributed by atoms with Crippen molar-refractivity contribution in [3.63, 3.8) is 0 Å². The fraction of sp³-hybridized carbons (Fsp3) is 0.143. The molecular formula is C7H11NO6P2. The van der Waals surface area contributed by atoms with Crippen LogP contribution in [0.3, 0.4) is 0 Å². The summed E-state index contributed by atoms with van der Waals surface area (Å²) < 4.78 is 22.0. The van der Waals surface area contributed by atoms with E-state index in [4.69, 9.17) is 19.6 Å². The van der Waals surface area contributed by atoms with E-state index in [0.717, 1.165) is 12.1 Å². The van der Waals surface area contributed by atoms with Gasteiger partial charge in [0.15, 0.2) is 0 Å². The zero-order valence-electron chi connectivity index (χ0n) is 8.23. The first-order chi connectivity index (χ1) is 7.16. The predicted octanol–water partition coefficient (Wildman–Crippen LogP) is -0.666. The van der Waals surface area contributed by atoms with E-state index in [-0.39, 0.29) is 5.69 Å². The summed E-state index contributed by atoms with van der Waals surface area (Å²) in [7, 11) is -7.64. The lowest BCUT2D eigenvalue weighted by Gasteiger charge is -2.12. The molecule has 0 bridgehead atoms. The Kier molecular flexibility index (Phi) is 3.59. The van der Waals surface area contributed by atoms with Crippen LogP contribution in [0.4, 0.5) is 5.69 Å². The molecule has 0 saturated heterocycles. The lowest BCUT2D eigenvalue weighted by molar-refractivity contribution is 0.386. The minimum Gasteiger partial charge on any atom is -0.387 e. The maximum absolute atomic E-state index is 11.1. The maximum atomic E-state index is 11.1. The molecule has 9 heteroatoms. The number of nitrogens with one attached hydrogen (secondary N) is 1. The van der Waals surface area contributed by atoms with E-state index in [1.165, 1.54) is 13.1 Å². The average Bonchev–Trinajstić information content (AvgIpc) is 2.14. The Balaban J connectivity index is 3.45. The molecule has 0 aliphatic carbocycles. The second kappa shape index (κ2) is 4.30. The van der Waals surface area contributed by atoms with Crippen LogP contribution in [-0.4, -0.2) is 26.6 Å². The van der Waals surface area contributed by atoms with E-state index in [9.17, 15) is 9.13 Å². The SMILES string of the molecule is CNc1ccc(P(=O)(O)O)cc1P(=O)(O)O. The first kappa shape index (κ1) is 13.4. The highest BCUT2D eigenvalue weighted by Gasteiger charge is 2.26. The molecule has 0 unspecified atom stereocenters. The molecule has 0 spiro atoms. The zero-order chi connectivity index (χ0) is 12.6. The van der Waals surface area contributed by atoms with Crippen LogP contribution in [0.15, 0.2) is 18.2 Å². The van der Waals surface area contributed by atoms with Crippen molar-refractivity contribution in [3.8, 4) is 0 Å². The number of rotatable bonds is 3. The molecule has 90 valence electrons. The molecule has 1 aromatic rings. The maximum Gasteiger partial charge on any atom is 0.358 e. The topological polar surface area (TPSA) is 127 Å². The third-order valence-electron chi connectivity index (χ3n) is 1.90. The molecule has 0 aliphatic rings. The van der Waals surface area contributed by atoms with Crippen molar-refractivity contribution in [2.45, 2.75) is 0 Å². The molecule has 5 N–H and O–H groups in total. The highest BCUT2D eigenvalue weighted by Crippen LogP contribution is 2.39. The molecule has 0 heterocycles. The minimum atomic E-state index is -4.57. The van der Waals surface area contributed by atoms with Crippen molar-refractivity contribution >= 4 is 31.5 Å². The zero-order valence-corrected chi connectivity index (χ0v) is 10.0. The predicted molar refractivity (Wildman–Crippen MR) is 59.3 cm³/mol. The van der Waals surface area contributed by atoms with Gasteiger partial charge in [-0.05, 0) is 18.2 Å². The average molecular weight is 267 g/mol. The summed E-state index contributed by atoms with van der Waals surface area (Å²) in [5, 5.41) is 1.68. The normalized spacial score (nSPS) is 12.6. The summed E-state index contributed by atoms with van der Waals surface area (Å²) in [5.41, 5.74) is 0.130. The third-order valence-corrected chi connectivity index (χ3v) is 3.85. The van der Waals surface area contributed by atoms with Crippen LogP contribution in [-0.2, 0) is 9.13 Å². The summed E-state index contributed by atoms with van der Waals surface area (Å²) in [5.74, 6) is 0. The molecule has 0 saturated carbocycles. The van der Waals surface area contributed by atoms with Gasteiger partial charge in [-0.15, -0.1) is 0 Å². The van der Waals surface area contributed by atoms with Gasteiger partial charge in [-0.3, -0.25) is 9.13 Å². The first-order valence-electron chi connectivity index (χ1n) is 4.10. The molecule has 0 amide bonds. The molecular weight excluding hydrogens is 256 g/mol. The summed E-state index contributed by atoms with van der Waals surface area (Å²) in [6.07, 6.45) is 0. The van der Waals surface area contributed by atoms with Crippen molar-refractivity contribution in [2.75, 3.05) is 12.4 Å². The van der Waals surface area contributed by atoms with Gasteiger partial charge in [0.05, 0.1) is 10.6 Å². The summed E-state index contributed by atoms with van der Waals surface area (Å²) in [6.45, 7) is 0. The van der Waals surface area contributed by atoms with E-state index >= 15 is 0 Å². The monoisotopic (exact) mass is 267 g/mol. The van der Waals surface area contributed by atoms with Crippen LogP contribution < -0.4 is 15.9 Å². The Morgan fingerprint density at radius 3 is 2.00 bits per heavy atom. The fourth-order valence-electron chi connectivity index (χ4n) is 1.15. The molecule has 0 radical (unpaired) electrons. The molecule has 16 heavy (non-hydrogen) atoms. The van der Waals surface area contributed by atoms with Gasteiger partial charge in [-0.2, -0.15) is 0 Å². The summed E-state index contributed by atoms with van der Waals surface area (Å²) >= 11 is 0. The van der Waals surface area contributed by atoms with E-state index in [1.54, 1.807) is 0 Å². The highest BCUT2D eigenvalue weighted by atomic mass is 31.2.